The van der Waals surface area contributed by atoms with Gasteiger partial charge in [0.15, 0.2) is 0 Å². The van der Waals surface area contributed by atoms with Crippen molar-refractivity contribution in [3.8, 4) is 0 Å². The zero-order valence-corrected chi connectivity index (χ0v) is 12.5. The molecular formula is C13H22N4O2S. The van der Waals surface area contributed by atoms with E-state index >= 15 is 0 Å². The van der Waals surface area contributed by atoms with Gasteiger partial charge in [-0.2, -0.15) is 0 Å². The summed E-state index contributed by atoms with van der Waals surface area (Å²) in [5, 5.41) is 0. The number of rotatable bonds is 6. The summed E-state index contributed by atoms with van der Waals surface area (Å²) < 4.78 is 27.5. The molecule has 0 aliphatic carbocycles. The quantitative estimate of drug-likeness (QED) is 0.532. The topological polar surface area (TPSA) is 87.5 Å². The molecule has 1 fully saturated rings. The number of anilines is 1. The normalized spacial score (nSPS) is 18.1. The number of hydrazine groups is 1. The van der Waals surface area contributed by atoms with Crippen molar-refractivity contribution in [2.45, 2.75) is 30.7 Å². The molecule has 1 aromatic carbocycles. The van der Waals surface area contributed by atoms with E-state index in [1.54, 1.807) is 24.3 Å². The molecule has 1 atom stereocenters. The Kier molecular flexibility index (Phi) is 4.98. The monoisotopic (exact) mass is 298 g/mol. The predicted molar refractivity (Wildman–Crippen MR) is 79.7 cm³/mol. The second-order valence-electron chi connectivity index (χ2n) is 5.17. The van der Waals surface area contributed by atoms with Crippen LogP contribution in [0, 0.1) is 0 Å². The van der Waals surface area contributed by atoms with Gasteiger partial charge in [0.1, 0.15) is 4.90 Å². The molecule has 20 heavy (non-hydrogen) atoms. The van der Waals surface area contributed by atoms with E-state index < -0.39 is 10.0 Å². The van der Waals surface area contributed by atoms with E-state index in [4.69, 9.17) is 5.84 Å². The molecule has 1 aromatic rings. The molecule has 0 spiro atoms. The molecule has 4 N–H and O–H groups in total. The number of nitrogens with zero attached hydrogens (tertiary/aromatic N) is 1. The van der Waals surface area contributed by atoms with Crippen molar-refractivity contribution in [2.24, 2.45) is 5.84 Å². The average molecular weight is 298 g/mol. The SMILES string of the molecule is CC(CN1CCCC1)NS(=O)(=O)c1ccccc1NN. The molecule has 1 unspecified atom stereocenters. The lowest BCUT2D eigenvalue weighted by atomic mass is 10.3. The summed E-state index contributed by atoms with van der Waals surface area (Å²) >= 11 is 0. The van der Waals surface area contributed by atoms with Gasteiger partial charge in [-0.15, -0.1) is 0 Å². The molecule has 0 radical (unpaired) electrons. The number of nitrogen functional groups attached to an aromatic ring is 1. The molecule has 0 amide bonds. The highest BCUT2D eigenvalue weighted by atomic mass is 32.2. The zero-order valence-electron chi connectivity index (χ0n) is 11.7. The van der Waals surface area contributed by atoms with Crippen molar-refractivity contribution < 1.29 is 8.42 Å². The van der Waals surface area contributed by atoms with Crippen LogP contribution in [0.3, 0.4) is 0 Å². The smallest absolute Gasteiger partial charge is 0.242 e. The first-order valence-electron chi connectivity index (χ1n) is 6.83. The Balaban J connectivity index is 2.06. The van der Waals surface area contributed by atoms with Crippen molar-refractivity contribution in [3.63, 3.8) is 0 Å². The number of benzene rings is 1. The lowest BCUT2D eigenvalue weighted by molar-refractivity contribution is 0.313. The van der Waals surface area contributed by atoms with E-state index in [0.717, 1.165) is 19.6 Å². The van der Waals surface area contributed by atoms with E-state index in [1.165, 1.54) is 12.8 Å². The number of nitrogens with one attached hydrogen (secondary N) is 2. The minimum atomic E-state index is -3.56. The fraction of sp³-hybridized carbons (Fsp3) is 0.538. The third-order valence-electron chi connectivity index (χ3n) is 3.42. The van der Waals surface area contributed by atoms with Crippen molar-refractivity contribution in [1.29, 1.82) is 0 Å². The molecule has 112 valence electrons. The fourth-order valence-electron chi connectivity index (χ4n) is 2.54. The number of sulfonamides is 1. The predicted octanol–water partition coefficient (Wildman–Crippen LogP) is 0.735. The maximum atomic E-state index is 12.4. The molecule has 1 heterocycles. The van der Waals surface area contributed by atoms with Crippen LogP contribution in [0.15, 0.2) is 29.2 Å². The van der Waals surface area contributed by atoms with Crippen molar-refractivity contribution in [2.75, 3.05) is 25.1 Å². The van der Waals surface area contributed by atoms with Crippen LogP contribution in [0.2, 0.25) is 0 Å². The van der Waals surface area contributed by atoms with E-state index in [1.807, 2.05) is 6.92 Å². The minimum Gasteiger partial charge on any atom is -0.323 e. The lowest BCUT2D eigenvalue weighted by Crippen LogP contribution is -2.41. The Bertz CT molecular complexity index is 541. The highest BCUT2D eigenvalue weighted by Gasteiger charge is 2.22. The second kappa shape index (κ2) is 6.53. The van der Waals surface area contributed by atoms with Crippen LogP contribution in [-0.2, 0) is 10.0 Å². The van der Waals surface area contributed by atoms with Crippen LogP contribution in [-0.4, -0.2) is 39.0 Å². The van der Waals surface area contributed by atoms with Crippen LogP contribution in [0.4, 0.5) is 5.69 Å². The first-order chi connectivity index (χ1) is 9.53. The number of hydrogen-bond acceptors (Lipinski definition) is 5. The van der Waals surface area contributed by atoms with Crippen LogP contribution >= 0.6 is 0 Å². The maximum Gasteiger partial charge on any atom is 0.242 e. The molecule has 0 bridgehead atoms. The van der Waals surface area contributed by atoms with Gasteiger partial charge in [-0.3, -0.25) is 5.84 Å². The minimum absolute atomic E-state index is 0.135. The fourth-order valence-corrected chi connectivity index (χ4v) is 3.94. The first kappa shape index (κ1) is 15.2. The van der Waals surface area contributed by atoms with E-state index in [9.17, 15) is 8.42 Å². The van der Waals surface area contributed by atoms with Gasteiger partial charge >= 0.3 is 0 Å². The van der Waals surface area contributed by atoms with Crippen LogP contribution in [0.5, 0.6) is 0 Å². The summed E-state index contributed by atoms with van der Waals surface area (Å²) in [7, 11) is -3.56. The second-order valence-corrected chi connectivity index (χ2v) is 6.85. The van der Waals surface area contributed by atoms with Crippen LogP contribution < -0.4 is 16.0 Å². The first-order valence-corrected chi connectivity index (χ1v) is 8.31. The van der Waals surface area contributed by atoms with E-state index in [2.05, 4.69) is 15.0 Å². The van der Waals surface area contributed by atoms with Crippen molar-refractivity contribution in [1.82, 2.24) is 9.62 Å². The van der Waals surface area contributed by atoms with E-state index in [0.29, 0.717) is 5.69 Å². The van der Waals surface area contributed by atoms with Crippen LogP contribution in [0.25, 0.3) is 0 Å². The molecule has 7 heteroatoms. The zero-order chi connectivity index (χ0) is 14.6. The number of likely N-dealkylation sites (tertiary alicyclic amines) is 1. The lowest BCUT2D eigenvalue weighted by Gasteiger charge is -2.21. The van der Waals surface area contributed by atoms with Gasteiger partial charge < -0.3 is 10.3 Å². The third kappa shape index (κ3) is 3.69. The summed E-state index contributed by atoms with van der Waals surface area (Å²) in [4.78, 5) is 2.45. The van der Waals surface area contributed by atoms with Crippen molar-refractivity contribution in [3.05, 3.63) is 24.3 Å². The Hall–Kier alpha value is -1.15. The maximum absolute atomic E-state index is 12.4. The van der Waals surface area contributed by atoms with Gasteiger partial charge in [-0.1, -0.05) is 12.1 Å². The van der Waals surface area contributed by atoms with Gasteiger partial charge in [0.25, 0.3) is 0 Å². The molecule has 1 aliphatic heterocycles. The van der Waals surface area contributed by atoms with Gasteiger partial charge in [0.05, 0.1) is 5.69 Å². The highest BCUT2D eigenvalue weighted by Crippen LogP contribution is 2.20. The molecule has 1 aliphatic rings. The molecule has 0 saturated carbocycles. The van der Waals surface area contributed by atoms with Gasteiger partial charge in [-0.05, 0) is 45.0 Å². The van der Waals surface area contributed by atoms with Crippen molar-refractivity contribution >= 4 is 15.7 Å². The molecule has 6 nitrogen and oxygen atoms in total. The third-order valence-corrected chi connectivity index (χ3v) is 5.07. The Labute approximate surface area is 120 Å². The largest absolute Gasteiger partial charge is 0.323 e. The molecule has 2 rings (SSSR count). The molecule has 0 aromatic heterocycles. The summed E-state index contributed by atoms with van der Waals surface area (Å²) in [5.41, 5.74) is 2.82. The Morgan fingerprint density at radius 1 is 1.30 bits per heavy atom. The Morgan fingerprint density at radius 3 is 2.60 bits per heavy atom. The summed E-state index contributed by atoms with van der Waals surface area (Å²) in [6, 6.07) is 6.46. The summed E-state index contributed by atoms with van der Waals surface area (Å²) in [5.74, 6) is 5.36. The highest BCUT2D eigenvalue weighted by molar-refractivity contribution is 7.89. The number of nitrogens with two attached hydrogens (primary N) is 1. The molecule has 1 saturated heterocycles. The van der Waals surface area contributed by atoms with Gasteiger partial charge in [-0.25, -0.2) is 13.1 Å². The van der Waals surface area contributed by atoms with Crippen LogP contribution in [0.1, 0.15) is 19.8 Å². The number of hydrogen-bond donors (Lipinski definition) is 3. The summed E-state index contributed by atoms with van der Waals surface area (Å²) in [6.07, 6.45) is 2.39. The Morgan fingerprint density at radius 2 is 1.95 bits per heavy atom. The number of para-hydroxylation sites is 1. The van der Waals surface area contributed by atoms with Gasteiger partial charge in [0.2, 0.25) is 10.0 Å². The van der Waals surface area contributed by atoms with Gasteiger partial charge in [0, 0.05) is 12.6 Å². The standard InChI is InChI=1S/C13H22N4O2S/c1-11(10-17-8-4-5-9-17)16-20(18,19)13-7-3-2-6-12(13)15-14/h2-3,6-7,11,15-16H,4-5,8-10,14H2,1H3. The van der Waals surface area contributed by atoms with E-state index in [-0.39, 0.29) is 10.9 Å². The molecular weight excluding hydrogens is 276 g/mol. The average Bonchev–Trinajstić information content (AvgIpc) is 2.90. The summed E-state index contributed by atoms with van der Waals surface area (Å²) in [6.45, 7) is 4.71.